The lowest BCUT2D eigenvalue weighted by atomic mass is 9.87. The fourth-order valence-corrected chi connectivity index (χ4v) is 6.02. The minimum atomic E-state index is -0.132. The highest BCUT2D eigenvalue weighted by molar-refractivity contribution is 7.99. The minimum absolute atomic E-state index is 0.0965. The summed E-state index contributed by atoms with van der Waals surface area (Å²) in [6, 6.07) is 10.7. The number of fused-ring (bicyclic) bond motifs is 1. The maximum absolute atomic E-state index is 12.7. The maximum Gasteiger partial charge on any atom is 0.235 e. The average molecular weight is 480 g/mol. The molecule has 0 fully saturated rings. The number of aromatic nitrogens is 3. The number of carbonyl (C=O) groups is 1. The number of thiophene rings is 1. The van der Waals surface area contributed by atoms with Gasteiger partial charge in [0.25, 0.3) is 0 Å². The summed E-state index contributed by atoms with van der Waals surface area (Å²) < 4.78 is 1.91. The topological polar surface area (TPSA) is 83.6 Å². The van der Waals surface area contributed by atoms with Crippen LogP contribution in [0, 0.1) is 11.3 Å². The number of nitriles is 1. The second-order valence-electron chi connectivity index (χ2n) is 9.41. The van der Waals surface area contributed by atoms with Crippen LogP contribution in [0.2, 0.25) is 0 Å². The number of carbonyl (C=O) groups excluding carboxylic acids is 1. The van der Waals surface area contributed by atoms with E-state index in [1.807, 2.05) is 11.6 Å². The van der Waals surface area contributed by atoms with Crippen LogP contribution in [0.3, 0.4) is 0 Å². The van der Waals surface area contributed by atoms with Gasteiger partial charge in [0.2, 0.25) is 5.91 Å². The number of amides is 1. The van der Waals surface area contributed by atoms with Gasteiger partial charge in [0.15, 0.2) is 11.0 Å². The molecule has 33 heavy (non-hydrogen) atoms. The highest BCUT2D eigenvalue weighted by Gasteiger charge is 2.21. The highest BCUT2D eigenvalue weighted by Crippen LogP contribution is 2.37. The van der Waals surface area contributed by atoms with Crippen LogP contribution in [0.15, 0.2) is 29.4 Å². The maximum atomic E-state index is 12.7. The van der Waals surface area contributed by atoms with Crippen molar-refractivity contribution in [2.24, 2.45) is 7.05 Å². The second kappa shape index (κ2) is 9.70. The lowest BCUT2D eigenvalue weighted by Gasteiger charge is -2.19. The number of benzene rings is 1. The Morgan fingerprint density at radius 3 is 2.61 bits per heavy atom. The van der Waals surface area contributed by atoms with E-state index < -0.39 is 0 Å². The van der Waals surface area contributed by atoms with Gasteiger partial charge in [-0.15, -0.1) is 21.5 Å². The number of nitrogens with one attached hydrogen (secondary N) is 1. The van der Waals surface area contributed by atoms with Crippen molar-refractivity contribution in [2.45, 2.75) is 63.4 Å². The fraction of sp³-hybridized carbons (Fsp3) is 0.440. The molecule has 6 nitrogen and oxygen atoms in total. The van der Waals surface area contributed by atoms with Gasteiger partial charge in [0, 0.05) is 17.5 Å². The van der Waals surface area contributed by atoms with Gasteiger partial charge >= 0.3 is 0 Å². The smallest absolute Gasteiger partial charge is 0.235 e. The molecule has 0 saturated carbocycles. The summed E-state index contributed by atoms with van der Waals surface area (Å²) >= 11 is 2.91. The first-order chi connectivity index (χ1) is 15.8. The highest BCUT2D eigenvalue weighted by atomic mass is 32.2. The van der Waals surface area contributed by atoms with Crippen LogP contribution < -0.4 is 5.32 Å². The van der Waals surface area contributed by atoms with Crippen LogP contribution in [-0.4, -0.2) is 26.4 Å². The van der Waals surface area contributed by atoms with Crippen molar-refractivity contribution in [1.29, 1.82) is 5.26 Å². The molecule has 4 rings (SSSR count). The van der Waals surface area contributed by atoms with Crippen LogP contribution in [0.4, 0.5) is 5.00 Å². The first-order valence-corrected chi connectivity index (χ1v) is 13.1. The molecule has 0 saturated heterocycles. The Labute approximate surface area is 203 Å². The SMILES string of the molecule is Cn1c(SCC(=O)Nc2sc3c(c2C#N)CCCCC3)nnc1-c1ccc(C(C)(C)C)cc1. The third kappa shape index (κ3) is 5.15. The van der Waals surface area contributed by atoms with E-state index >= 15 is 0 Å². The molecule has 8 heteroatoms. The molecule has 1 amide bonds. The van der Waals surface area contributed by atoms with Crippen molar-refractivity contribution in [3.05, 3.63) is 45.8 Å². The third-order valence-electron chi connectivity index (χ3n) is 5.96. The van der Waals surface area contributed by atoms with E-state index in [1.54, 1.807) is 11.3 Å². The lowest BCUT2D eigenvalue weighted by Crippen LogP contribution is -2.14. The minimum Gasteiger partial charge on any atom is -0.316 e. The van der Waals surface area contributed by atoms with Crippen molar-refractivity contribution in [3.63, 3.8) is 0 Å². The fourth-order valence-electron chi connectivity index (χ4n) is 4.05. The number of rotatable bonds is 5. The van der Waals surface area contributed by atoms with E-state index in [0.29, 0.717) is 15.7 Å². The molecular formula is C25H29N5OS2. The van der Waals surface area contributed by atoms with Gasteiger partial charge in [-0.05, 0) is 42.2 Å². The van der Waals surface area contributed by atoms with E-state index in [0.717, 1.165) is 42.6 Å². The number of nitrogens with zero attached hydrogens (tertiary/aromatic N) is 4. The average Bonchev–Trinajstić information content (AvgIpc) is 3.21. The Hall–Kier alpha value is -2.63. The molecule has 2 aromatic heterocycles. The largest absolute Gasteiger partial charge is 0.316 e. The first kappa shape index (κ1) is 23.5. The summed E-state index contributed by atoms with van der Waals surface area (Å²) in [6.45, 7) is 6.57. The standard InChI is InChI=1S/C25H29N5OS2/c1-25(2,3)17-12-10-16(11-13-17)22-28-29-24(30(22)4)32-15-21(31)27-23-19(14-26)18-8-6-5-7-9-20(18)33-23/h10-13H,5-9,15H2,1-4H3,(H,27,31). The van der Waals surface area contributed by atoms with Gasteiger partial charge in [-0.25, -0.2) is 0 Å². The Morgan fingerprint density at radius 1 is 1.18 bits per heavy atom. The van der Waals surface area contributed by atoms with Gasteiger partial charge < -0.3 is 9.88 Å². The summed E-state index contributed by atoms with van der Waals surface area (Å²) in [5, 5.41) is 22.6. The lowest BCUT2D eigenvalue weighted by molar-refractivity contribution is -0.113. The predicted octanol–water partition coefficient (Wildman–Crippen LogP) is 5.71. The quantitative estimate of drug-likeness (QED) is 0.374. The second-order valence-corrected chi connectivity index (χ2v) is 11.5. The van der Waals surface area contributed by atoms with Crippen molar-refractivity contribution < 1.29 is 4.79 Å². The van der Waals surface area contributed by atoms with E-state index in [2.05, 4.69) is 66.6 Å². The molecule has 0 atom stereocenters. The zero-order valence-corrected chi connectivity index (χ0v) is 21.2. The third-order valence-corrected chi connectivity index (χ3v) is 8.19. The van der Waals surface area contributed by atoms with Gasteiger partial charge in [0.05, 0.1) is 11.3 Å². The Balaban J connectivity index is 1.42. The Bertz CT molecular complexity index is 1200. The molecular weight excluding hydrogens is 450 g/mol. The molecule has 0 aliphatic heterocycles. The molecule has 2 heterocycles. The molecule has 0 spiro atoms. The number of hydrogen-bond acceptors (Lipinski definition) is 6. The monoisotopic (exact) mass is 479 g/mol. The zero-order valence-electron chi connectivity index (χ0n) is 19.6. The first-order valence-electron chi connectivity index (χ1n) is 11.3. The molecule has 0 radical (unpaired) electrons. The molecule has 1 aliphatic carbocycles. The number of hydrogen-bond donors (Lipinski definition) is 1. The summed E-state index contributed by atoms with van der Waals surface area (Å²) in [5.74, 6) is 0.849. The van der Waals surface area contributed by atoms with Crippen molar-refractivity contribution in [1.82, 2.24) is 14.8 Å². The Kier molecular flexibility index (Phi) is 6.91. The molecule has 3 aromatic rings. The van der Waals surface area contributed by atoms with E-state index in [-0.39, 0.29) is 17.1 Å². The van der Waals surface area contributed by atoms with Crippen LogP contribution in [0.5, 0.6) is 0 Å². The van der Waals surface area contributed by atoms with E-state index in [9.17, 15) is 10.1 Å². The van der Waals surface area contributed by atoms with Crippen LogP contribution >= 0.6 is 23.1 Å². The molecule has 172 valence electrons. The van der Waals surface area contributed by atoms with Crippen molar-refractivity contribution in [2.75, 3.05) is 11.1 Å². The molecule has 1 aromatic carbocycles. The molecule has 1 N–H and O–H groups in total. The zero-order chi connectivity index (χ0) is 23.6. The number of anilines is 1. The van der Waals surface area contributed by atoms with Gasteiger partial charge in [-0.3, -0.25) is 4.79 Å². The number of aryl methyl sites for hydroxylation is 1. The normalized spacial score (nSPS) is 13.8. The molecule has 0 unspecified atom stereocenters. The predicted molar refractivity (Wildman–Crippen MR) is 135 cm³/mol. The van der Waals surface area contributed by atoms with E-state index in [4.69, 9.17) is 0 Å². The van der Waals surface area contributed by atoms with Crippen LogP contribution in [0.1, 0.15) is 61.6 Å². The van der Waals surface area contributed by atoms with Gasteiger partial charge in [0.1, 0.15) is 11.1 Å². The van der Waals surface area contributed by atoms with Crippen LogP contribution in [-0.2, 0) is 30.1 Å². The summed E-state index contributed by atoms with van der Waals surface area (Å²) in [4.78, 5) is 13.9. The van der Waals surface area contributed by atoms with E-state index in [1.165, 1.54) is 28.6 Å². The van der Waals surface area contributed by atoms with Crippen molar-refractivity contribution in [3.8, 4) is 17.5 Å². The van der Waals surface area contributed by atoms with Crippen LogP contribution in [0.25, 0.3) is 11.4 Å². The summed E-state index contributed by atoms with van der Waals surface area (Å²) in [6.07, 6.45) is 5.38. The summed E-state index contributed by atoms with van der Waals surface area (Å²) in [7, 11) is 1.91. The Morgan fingerprint density at radius 2 is 1.91 bits per heavy atom. The number of thioether (sulfide) groups is 1. The van der Waals surface area contributed by atoms with Gasteiger partial charge in [-0.2, -0.15) is 5.26 Å². The summed E-state index contributed by atoms with van der Waals surface area (Å²) in [5.41, 5.74) is 4.14. The van der Waals surface area contributed by atoms with Crippen molar-refractivity contribution >= 4 is 34.0 Å². The molecule has 0 bridgehead atoms. The van der Waals surface area contributed by atoms with Gasteiger partial charge in [-0.1, -0.05) is 63.2 Å². The molecule has 1 aliphatic rings.